The molecule has 0 aromatic carbocycles. The highest BCUT2D eigenvalue weighted by Crippen LogP contribution is 2.28. The fraction of sp³-hybridized carbons (Fsp3) is 0.250. The first-order valence-corrected chi connectivity index (χ1v) is 9.17. The highest BCUT2D eigenvalue weighted by atomic mass is 16.3. The number of fused-ring (bicyclic) bond motifs is 1. The third-order valence-corrected chi connectivity index (χ3v) is 4.86. The highest BCUT2D eigenvalue weighted by molar-refractivity contribution is 6.00. The number of hydrogen-bond donors (Lipinski definition) is 3. The van der Waals surface area contributed by atoms with E-state index in [-0.39, 0.29) is 24.0 Å². The molecule has 0 aliphatic carbocycles. The molecule has 1 saturated heterocycles. The predicted octanol–water partition coefficient (Wildman–Crippen LogP) is 1.07. The number of carbonyl (C=O) groups excluding carboxylic acids is 1. The Labute approximate surface area is 166 Å². The van der Waals surface area contributed by atoms with Crippen molar-refractivity contribution in [3.8, 4) is 11.8 Å². The normalized spacial score (nSPS) is 16.0. The van der Waals surface area contributed by atoms with Crippen LogP contribution in [0.1, 0.15) is 28.2 Å². The first kappa shape index (κ1) is 18.6. The minimum atomic E-state index is -0.511. The van der Waals surface area contributed by atoms with E-state index in [4.69, 9.17) is 11.0 Å². The maximum absolute atomic E-state index is 12.5. The average molecular weight is 389 g/mol. The molecule has 1 fully saturated rings. The molecule has 0 saturated carbocycles. The Morgan fingerprint density at radius 3 is 2.86 bits per heavy atom. The highest BCUT2D eigenvalue weighted by Gasteiger charge is 2.22. The molecule has 1 aliphatic rings. The summed E-state index contributed by atoms with van der Waals surface area (Å²) in [6.07, 6.45) is 3.91. The third-order valence-electron chi connectivity index (χ3n) is 4.86. The summed E-state index contributed by atoms with van der Waals surface area (Å²) in [6, 6.07) is 8.89. The van der Waals surface area contributed by atoms with Crippen LogP contribution < -0.4 is 16.0 Å². The van der Waals surface area contributed by atoms with Gasteiger partial charge in [0.1, 0.15) is 17.6 Å². The van der Waals surface area contributed by atoms with Gasteiger partial charge in [-0.1, -0.05) is 6.07 Å². The van der Waals surface area contributed by atoms with Crippen molar-refractivity contribution in [2.24, 2.45) is 5.73 Å². The van der Waals surface area contributed by atoms with Gasteiger partial charge in [-0.25, -0.2) is 15.0 Å². The van der Waals surface area contributed by atoms with Crippen LogP contribution in [0.5, 0.6) is 5.75 Å². The SMILES string of the molecule is N#Cc1ccc(CNC(=O)c2ncc3nc(N4CC[C@H](N)C4)ccc3c2O)cn1. The maximum Gasteiger partial charge on any atom is 0.274 e. The van der Waals surface area contributed by atoms with Gasteiger partial charge in [0, 0.05) is 37.3 Å². The van der Waals surface area contributed by atoms with Crippen LogP contribution in [-0.2, 0) is 6.54 Å². The first-order valence-electron chi connectivity index (χ1n) is 9.17. The molecule has 0 radical (unpaired) electrons. The summed E-state index contributed by atoms with van der Waals surface area (Å²) in [7, 11) is 0. The molecule has 0 unspecified atom stereocenters. The van der Waals surface area contributed by atoms with Crippen molar-refractivity contribution in [1.82, 2.24) is 20.3 Å². The quantitative estimate of drug-likeness (QED) is 0.602. The van der Waals surface area contributed by atoms with Gasteiger partial charge in [0.25, 0.3) is 5.91 Å². The standard InChI is InChI=1S/C20H19N7O2/c21-7-14-2-1-12(8-23-14)9-25-20(29)18-19(28)15-3-4-17(26-16(15)10-24-18)27-6-5-13(22)11-27/h1-4,8,10,13,28H,5-6,9,11,22H2,(H,25,29)/t13-/m0/s1. The minimum Gasteiger partial charge on any atom is -0.505 e. The van der Waals surface area contributed by atoms with Gasteiger partial charge in [-0.3, -0.25) is 4.79 Å². The topological polar surface area (TPSA) is 141 Å². The van der Waals surface area contributed by atoms with Crippen molar-refractivity contribution in [2.75, 3.05) is 18.0 Å². The van der Waals surface area contributed by atoms with Crippen LogP contribution >= 0.6 is 0 Å². The Balaban J connectivity index is 1.51. The smallest absolute Gasteiger partial charge is 0.274 e. The van der Waals surface area contributed by atoms with E-state index < -0.39 is 5.91 Å². The molecule has 1 atom stereocenters. The fourth-order valence-electron chi connectivity index (χ4n) is 3.28. The summed E-state index contributed by atoms with van der Waals surface area (Å²) in [5.74, 6) is 0.0515. The number of hydrogen-bond acceptors (Lipinski definition) is 8. The van der Waals surface area contributed by atoms with Crippen molar-refractivity contribution in [3.05, 3.63) is 53.6 Å². The number of carbonyl (C=O) groups is 1. The van der Waals surface area contributed by atoms with Gasteiger partial charge in [0.05, 0.1) is 11.7 Å². The lowest BCUT2D eigenvalue weighted by Gasteiger charge is -2.17. The minimum absolute atomic E-state index is 0.0724. The number of aromatic hydroxyl groups is 1. The molecular formula is C20H19N7O2. The van der Waals surface area contributed by atoms with Crippen molar-refractivity contribution >= 4 is 22.6 Å². The number of nitrogens with zero attached hydrogens (tertiary/aromatic N) is 5. The van der Waals surface area contributed by atoms with E-state index in [2.05, 4.69) is 25.2 Å². The van der Waals surface area contributed by atoms with Crippen LogP contribution in [0.15, 0.2) is 36.7 Å². The maximum atomic E-state index is 12.5. The van der Waals surface area contributed by atoms with Gasteiger partial charge >= 0.3 is 0 Å². The lowest BCUT2D eigenvalue weighted by molar-refractivity contribution is 0.0943. The van der Waals surface area contributed by atoms with E-state index in [1.54, 1.807) is 18.2 Å². The lowest BCUT2D eigenvalue weighted by atomic mass is 10.2. The van der Waals surface area contributed by atoms with Gasteiger partial charge in [0.15, 0.2) is 11.4 Å². The van der Waals surface area contributed by atoms with Crippen LogP contribution in [-0.4, -0.2) is 45.1 Å². The first-order chi connectivity index (χ1) is 14.0. The summed E-state index contributed by atoms with van der Waals surface area (Å²) in [5.41, 5.74) is 7.42. The molecular weight excluding hydrogens is 370 g/mol. The van der Waals surface area contributed by atoms with Crippen LogP contribution in [0.25, 0.3) is 10.9 Å². The van der Waals surface area contributed by atoms with Crippen molar-refractivity contribution in [2.45, 2.75) is 19.0 Å². The van der Waals surface area contributed by atoms with Crippen LogP contribution in [0.4, 0.5) is 5.82 Å². The molecule has 4 heterocycles. The number of aromatic nitrogens is 3. The zero-order valence-electron chi connectivity index (χ0n) is 15.5. The second-order valence-electron chi connectivity index (χ2n) is 6.90. The Kier molecular flexibility index (Phi) is 4.93. The number of nitrogens with one attached hydrogen (secondary N) is 1. The van der Waals surface area contributed by atoms with Gasteiger partial charge in [-0.15, -0.1) is 0 Å². The Morgan fingerprint density at radius 2 is 2.17 bits per heavy atom. The lowest BCUT2D eigenvalue weighted by Crippen LogP contribution is -2.26. The van der Waals surface area contributed by atoms with E-state index >= 15 is 0 Å². The third kappa shape index (κ3) is 3.79. The van der Waals surface area contributed by atoms with Crippen molar-refractivity contribution < 1.29 is 9.90 Å². The Bertz CT molecular complexity index is 1110. The van der Waals surface area contributed by atoms with Gasteiger partial charge in [-0.05, 0) is 30.2 Å². The molecule has 4 N–H and O–H groups in total. The fourth-order valence-corrected chi connectivity index (χ4v) is 3.28. The number of pyridine rings is 3. The summed E-state index contributed by atoms with van der Waals surface area (Å²) in [5, 5.41) is 22.5. The van der Waals surface area contributed by atoms with Crippen LogP contribution in [0.3, 0.4) is 0 Å². The predicted molar refractivity (Wildman–Crippen MR) is 106 cm³/mol. The van der Waals surface area contributed by atoms with E-state index in [1.165, 1.54) is 12.4 Å². The van der Waals surface area contributed by atoms with Crippen molar-refractivity contribution in [1.29, 1.82) is 5.26 Å². The zero-order valence-corrected chi connectivity index (χ0v) is 15.5. The van der Waals surface area contributed by atoms with E-state index in [9.17, 15) is 9.90 Å². The molecule has 3 aromatic rings. The largest absolute Gasteiger partial charge is 0.505 e. The molecule has 0 bridgehead atoms. The number of amides is 1. The second kappa shape index (κ2) is 7.69. The Hall–Kier alpha value is -3.77. The zero-order chi connectivity index (χ0) is 20.4. The van der Waals surface area contributed by atoms with Gasteiger partial charge < -0.3 is 21.1 Å². The summed E-state index contributed by atoms with van der Waals surface area (Å²) < 4.78 is 0. The molecule has 0 spiro atoms. The molecule has 3 aromatic heterocycles. The number of nitrogens with two attached hydrogens (primary N) is 1. The van der Waals surface area contributed by atoms with E-state index in [0.29, 0.717) is 16.6 Å². The molecule has 9 heteroatoms. The average Bonchev–Trinajstić information content (AvgIpc) is 3.18. The van der Waals surface area contributed by atoms with Crippen LogP contribution in [0, 0.1) is 11.3 Å². The van der Waals surface area contributed by atoms with Crippen LogP contribution in [0.2, 0.25) is 0 Å². The van der Waals surface area contributed by atoms with Gasteiger partial charge in [0.2, 0.25) is 0 Å². The summed E-state index contributed by atoms with van der Waals surface area (Å²) in [4.78, 5) is 27.2. The van der Waals surface area contributed by atoms with Gasteiger partial charge in [-0.2, -0.15) is 5.26 Å². The molecule has 146 valence electrons. The summed E-state index contributed by atoms with van der Waals surface area (Å²) >= 11 is 0. The second-order valence-corrected chi connectivity index (χ2v) is 6.90. The molecule has 1 aliphatic heterocycles. The molecule has 29 heavy (non-hydrogen) atoms. The van der Waals surface area contributed by atoms with Crippen molar-refractivity contribution in [3.63, 3.8) is 0 Å². The monoisotopic (exact) mass is 389 g/mol. The number of anilines is 1. The number of rotatable bonds is 4. The Morgan fingerprint density at radius 1 is 1.31 bits per heavy atom. The van der Waals surface area contributed by atoms with E-state index in [1.807, 2.05) is 12.1 Å². The molecule has 4 rings (SSSR count). The molecule has 1 amide bonds. The molecule has 9 nitrogen and oxygen atoms in total. The summed E-state index contributed by atoms with van der Waals surface area (Å²) in [6.45, 7) is 1.77. The van der Waals surface area contributed by atoms with E-state index in [0.717, 1.165) is 30.9 Å². The number of nitriles is 1.